The molecule has 0 fully saturated rings. The van der Waals surface area contributed by atoms with Crippen molar-refractivity contribution < 1.29 is 0 Å². The molecule has 0 aliphatic heterocycles. The van der Waals surface area contributed by atoms with Crippen LogP contribution in [0.5, 0.6) is 0 Å². The van der Waals surface area contributed by atoms with Crippen molar-refractivity contribution in [2.24, 2.45) is 0 Å². The van der Waals surface area contributed by atoms with Crippen molar-refractivity contribution in [1.29, 1.82) is 0 Å². The summed E-state index contributed by atoms with van der Waals surface area (Å²) in [6.45, 7) is 0. The molecular weight excluding hydrogens is 1010 g/mol. The summed E-state index contributed by atoms with van der Waals surface area (Å²) in [5, 5.41) is 12.6. The molecule has 0 aliphatic carbocycles. The van der Waals surface area contributed by atoms with Crippen LogP contribution >= 0.6 is 0 Å². The Labute approximate surface area is 477 Å². The highest BCUT2D eigenvalue weighted by atomic mass is 28.3. The van der Waals surface area contributed by atoms with Crippen LogP contribution in [-0.2, 0) is 0 Å². The number of para-hydroxylation sites is 3. The van der Waals surface area contributed by atoms with E-state index in [2.05, 4.69) is 335 Å². The molecule has 0 saturated heterocycles. The molecule has 13 aromatic carbocycles. The summed E-state index contributed by atoms with van der Waals surface area (Å²) in [5.41, 5.74) is 17.4. The van der Waals surface area contributed by atoms with Gasteiger partial charge in [-0.25, -0.2) is 0 Å². The van der Waals surface area contributed by atoms with Gasteiger partial charge in [0.1, 0.15) is 0 Å². The number of hydrogen-bond acceptors (Lipinski definition) is 0. The number of nitrogens with zero attached hydrogens (tertiary/aromatic N) is 3. The van der Waals surface area contributed by atoms with E-state index in [9.17, 15) is 0 Å². The van der Waals surface area contributed by atoms with E-state index >= 15 is 0 Å². The van der Waals surface area contributed by atoms with Crippen LogP contribution in [0.4, 0.5) is 0 Å². The average Bonchev–Trinajstić information content (AvgIpc) is 3.30. The van der Waals surface area contributed by atoms with Crippen LogP contribution in [0.25, 0.3) is 116 Å². The van der Waals surface area contributed by atoms with Gasteiger partial charge >= 0.3 is 0 Å². The third kappa shape index (κ3) is 7.50. The molecule has 0 bridgehead atoms. The van der Waals surface area contributed by atoms with Crippen molar-refractivity contribution in [3.05, 3.63) is 322 Å². The highest BCUT2D eigenvalue weighted by Crippen LogP contribution is 2.43. The molecule has 3 nitrogen and oxygen atoms in total. The lowest BCUT2D eigenvalue weighted by atomic mass is 10.0. The van der Waals surface area contributed by atoms with E-state index in [4.69, 9.17) is 0 Å². The lowest BCUT2D eigenvalue weighted by Gasteiger charge is -2.34. The molecule has 0 N–H and O–H groups in total. The van der Waals surface area contributed by atoms with E-state index in [0.29, 0.717) is 0 Å². The highest BCUT2D eigenvalue weighted by molar-refractivity contribution is 7.20. The van der Waals surface area contributed by atoms with E-state index in [1.54, 1.807) is 0 Å². The Hall–Kier alpha value is -10.5. The Morgan fingerprint density at radius 1 is 0.195 bits per heavy atom. The van der Waals surface area contributed by atoms with E-state index in [0.717, 1.165) is 39.2 Å². The predicted molar refractivity (Wildman–Crippen MR) is 349 cm³/mol. The molecule has 0 atom stereocenters. The minimum Gasteiger partial charge on any atom is -0.309 e. The van der Waals surface area contributed by atoms with Crippen molar-refractivity contribution >= 4 is 94.2 Å². The lowest BCUT2D eigenvalue weighted by Crippen LogP contribution is -2.74. The number of rotatable bonds is 10. The maximum Gasteiger partial charge on any atom is 0.179 e. The Balaban J connectivity index is 1.03. The third-order valence-electron chi connectivity index (χ3n) is 17.2. The van der Waals surface area contributed by atoms with Crippen LogP contribution in [0.3, 0.4) is 0 Å². The number of hydrogen-bond donors (Lipinski definition) is 0. The smallest absolute Gasteiger partial charge is 0.179 e. The predicted octanol–water partition coefficient (Wildman–Crippen LogP) is 17.4. The summed E-state index contributed by atoms with van der Waals surface area (Å²) in [5.74, 6) is 0. The molecule has 3 heterocycles. The van der Waals surface area contributed by atoms with Crippen LogP contribution < -0.4 is 20.7 Å². The van der Waals surface area contributed by atoms with Gasteiger partial charge < -0.3 is 13.7 Å². The second-order valence-electron chi connectivity index (χ2n) is 21.6. The van der Waals surface area contributed by atoms with Crippen LogP contribution in [0, 0.1) is 0 Å². The molecule has 0 aliphatic rings. The Morgan fingerprint density at radius 3 is 1.17 bits per heavy atom. The first-order valence-corrected chi connectivity index (χ1v) is 30.3. The maximum atomic E-state index is 2.58. The van der Waals surface area contributed by atoms with Crippen molar-refractivity contribution in [2.45, 2.75) is 0 Å². The summed E-state index contributed by atoms with van der Waals surface area (Å²) in [6, 6.07) is 120. The standard InChI is InChI=1S/C78H53N3Si/c1-6-23-54(24-7-1)57-41-44-64(45-42-57)82(62-29-12-4-13-30-62,63-31-14-5-15-32-63)65-46-47-69-77(53-65)80(61-50-59(56-27-10-3-11-28-56)49-60(52-61)79-71-36-19-16-33-66(71)67-34-17-20-37-72(67)79)75-39-22-40-76(78(69)75)81-73-38-21-18-35-68(73)70-51-58(43-48-74(70)81)55-25-8-2-9-26-55/h1-53H. The molecule has 0 amide bonds. The van der Waals surface area contributed by atoms with Gasteiger partial charge in [0, 0.05) is 43.7 Å². The van der Waals surface area contributed by atoms with Crippen LogP contribution in [0.15, 0.2) is 322 Å². The van der Waals surface area contributed by atoms with Crippen molar-refractivity contribution in [3.63, 3.8) is 0 Å². The molecule has 0 spiro atoms. The van der Waals surface area contributed by atoms with Crippen molar-refractivity contribution in [3.8, 4) is 50.4 Å². The van der Waals surface area contributed by atoms with Gasteiger partial charge in [-0.2, -0.15) is 0 Å². The van der Waals surface area contributed by atoms with Crippen molar-refractivity contribution in [1.82, 2.24) is 13.7 Å². The first-order valence-electron chi connectivity index (χ1n) is 28.3. The fourth-order valence-corrected chi connectivity index (χ4v) is 18.3. The molecule has 82 heavy (non-hydrogen) atoms. The molecule has 3 aromatic heterocycles. The molecule has 16 aromatic rings. The van der Waals surface area contributed by atoms with Gasteiger partial charge in [0.05, 0.1) is 38.8 Å². The topological polar surface area (TPSA) is 14.8 Å². The van der Waals surface area contributed by atoms with Crippen LogP contribution in [-0.4, -0.2) is 21.8 Å². The fraction of sp³-hybridized carbons (Fsp3) is 0. The van der Waals surface area contributed by atoms with E-state index in [-0.39, 0.29) is 0 Å². The normalized spacial score (nSPS) is 11.9. The zero-order chi connectivity index (χ0) is 54.1. The zero-order valence-corrected chi connectivity index (χ0v) is 45.9. The van der Waals surface area contributed by atoms with Gasteiger partial charge in [0.15, 0.2) is 8.07 Å². The fourth-order valence-electron chi connectivity index (χ4n) is 13.6. The van der Waals surface area contributed by atoms with Crippen LogP contribution in [0.2, 0.25) is 0 Å². The molecule has 0 radical (unpaired) electrons. The minimum atomic E-state index is -3.09. The summed E-state index contributed by atoms with van der Waals surface area (Å²) < 4.78 is 7.57. The van der Waals surface area contributed by atoms with Gasteiger partial charge in [-0.05, 0) is 121 Å². The monoisotopic (exact) mass is 1060 g/mol. The number of aromatic nitrogens is 3. The molecule has 0 saturated carbocycles. The molecule has 4 heteroatoms. The summed E-state index contributed by atoms with van der Waals surface area (Å²) >= 11 is 0. The summed E-state index contributed by atoms with van der Waals surface area (Å²) in [4.78, 5) is 0. The lowest BCUT2D eigenvalue weighted by molar-refractivity contribution is 1.13. The number of benzene rings is 13. The molecule has 16 rings (SSSR count). The Bertz CT molecular complexity index is 4970. The summed E-state index contributed by atoms with van der Waals surface area (Å²) in [6.07, 6.45) is 0. The van der Waals surface area contributed by atoms with Gasteiger partial charge in [-0.15, -0.1) is 0 Å². The first-order chi connectivity index (χ1) is 40.7. The largest absolute Gasteiger partial charge is 0.309 e. The van der Waals surface area contributed by atoms with Gasteiger partial charge in [-0.1, -0.05) is 255 Å². The minimum absolute atomic E-state index is 1.08. The molecular formula is C78H53N3Si. The third-order valence-corrected chi connectivity index (χ3v) is 21.9. The van der Waals surface area contributed by atoms with E-state index < -0.39 is 8.07 Å². The van der Waals surface area contributed by atoms with Crippen LogP contribution in [0.1, 0.15) is 0 Å². The van der Waals surface area contributed by atoms with E-state index in [1.165, 1.54) is 97.4 Å². The van der Waals surface area contributed by atoms with Gasteiger partial charge in [0.2, 0.25) is 0 Å². The van der Waals surface area contributed by atoms with E-state index in [1.807, 2.05) is 0 Å². The van der Waals surface area contributed by atoms with Gasteiger partial charge in [-0.3, -0.25) is 0 Å². The number of fused-ring (bicyclic) bond motifs is 9. The van der Waals surface area contributed by atoms with Gasteiger partial charge in [0.25, 0.3) is 0 Å². The Kier molecular flexibility index (Phi) is 11.2. The highest BCUT2D eigenvalue weighted by Gasteiger charge is 2.42. The van der Waals surface area contributed by atoms with Crippen molar-refractivity contribution in [2.75, 3.05) is 0 Å². The Morgan fingerprint density at radius 2 is 0.598 bits per heavy atom. The maximum absolute atomic E-state index is 3.09. The zero-order valence-electron chi connectivity index (χ0n) is 44.9. The SMILES string of the molecule is c1ccc(-c2ccc([Si](c3ccccc3)(c3ccccc3)c3ccc4c5c(-n6c7ccccc7c7cc(-c8ccccc8)ccc76)cccc5n(-c5cc(-c6ccccc6)cc(-n6c7ccccc7c7ccccc76)c5)c4c3)cc2)cc1. The molecule has 384 valence electrons. The average molecular weight is 1060 g/mol. The first kappa shape index (κ1) is 47.5. The summed E-state index contributed by atoms with van der Waals surface area (Å²) in [7, 11) is -3.09. The second kappa shape index (κ2) is 19.4. The quantitative estimate of drug-likeness (QED) is 0.0958. The second-order valence-corrected chi connectivity index (χ2v) is 25.4. The molecule has 0 unspecified atom stereocenters.